The van der Waals surface area contributed by atoms with Crippen molar-refractivity contribution in [1.29, 1.82) is 0 Å². The molecule has 1 aliphatic carbocycles. The fourth-order valence-electron chi connectivity index (χ4n) is 3.41. The minimum absolute atomic E-state index is 0.379. The van der Waals surface area contributed by atoms with Gasteiger partial charge in [0.15, 0.2) is 5.82 Å². The number of nitrogens with zero attached hydrogens (tertiary/aromatic N) is 3. The number of benzene rings is 1. The average molecular weight is 334 g/mol. The van der Waals surface area contributed by atoms with Crippen LogP contribution in [0.4, 0.5) is 0 Å². The predicted octanol–water partition coefficient (Wildman–Crippen LogP) is 3.27. The highest BCUT2D eigenvalue weighted by atomic mass is 16.5. The van der Waals surface area contributed by atoms with Crippen molar-refractivity contribution >= 4 is 0 Å². The van der Waals surface area contributed by atoms with Crippen LogP contribution in [0.25, 0.3) is 0 Å². The maximum absolute atomic E-state index is 5.38. The van der Waals surface area contributed by atoms with Gasteiger partial charge in [0, 0.05) is 37.3 Å². The second kappa shape index (κ2) is 7.57. The third-order valence-corrected chi connectivity index (χ3v) is 4.65. The number of nitrogens with one attached hydrogen (secondary N) is 1. The predicted molar refractivity (Wildman–Crippen MR) is 95.2 cm³/mol. The molecule has 0 saturated heterocycles. The lowest BCUT2D eigenvalue weighted by Crippen LogP contribution is -2.27. The van der Waals surface area contributed by atoms with Crippen LogP contribution in [0.3, 0.4) is 0 Å². The first-order valence-electron chi connectivity index (χ1n) is 8.91. The lowest BCUT2D eigenvalue weighted by molar-refractivity contribution is 0.365. The normalized spacial score (nSPS) is 16.6. The molecule has 0 fully saturated rings. The van der Waals surface area contributed by atoms with Crippen molar-refractivity contribution in [3.05, 3.63) is 77.2 Å². The zero-order chi connectivity index (χ0) is 16.9. The van der Waals surface area contributed by atoms with E-state index in [9.17, 15) is 0 Å². The molecule has 5 heteroatoms. The third-order valence-electron chi connectivity index (χ3n) is 4.65. The lowest BCUT2D eigenvalue weighted by Gasteiger charge is -2.25. The van der Waals surface area contributed by atoms with E-state index in [-0.39, 0.29) is 0 Å². The molecule has 25 heavy (non-hydrogen) atoms. The Morgan fingerprint density at radius 3 is 2.96 bits per heavy atom. The summed E-state index contributed by atoms with van der Waals surface area (Å²) in [5.74, 6) is 1.44. The molecular formula is C20H22N4O. The van der Waals surface area contributed by atoms with Crippen molar-refractivity contribution in [1.82, 2.24) is 20.4 Å². The Morgan fingerprint density at radius 1 is 1.12 bits per heavy atom. The molecule has 1 aromatic carbocycles. The summed E-state index contributed by atoms with van der Waals surface area (Å²) >= 11 is 0. The van der Waals surface area contributed by atoms with E-state index >= 15 is 0 Å². The van der Waals surface area contributed by atoms with Crippen molar-refractivity contribution < 1.29 is 4.52 Å². The first kappa shape index (κ1) is 16.0. The van der Waals surface area contributed by atoms with Crippen molar-refractivity contribution in [2.24, 2.45) is 0 Å². The van der Waals surface area contributed by atoms with Crippen LogP contribution >= 0.6 is 0 Å². The van der Waals surface area contributed by atoms with Gasteiger partial charge in [-0.25, -0.2) is 0 Å². The molecule has 0 bridgehead atoms. The highest BCUT2D eigenvalue weighted by Crippen LogP contribution is 2.27. The summed E-state index contributed by atoms with van der Waals surface area (Å²) in [6.45, 7) is 0.825. The number of pyridine rings is 1. The summed E-state index contributed by atoms with van der Waals surface area (Å²) in [7, 11) is 0. The maximum atomic E-state index is 5.38. The van der Waals surface area contributed by atoms with Gasteiger partial charge >= 0.3 is 0 Å². The smallest absolute Gasteiger partial charge is 0.227 e. The van der Waals surface area contributed by atoms with Crippen LogP contribution in [0.1, 0.15) is 47.4 Å². The Balaban J connectivity index is 1.31. The van der Waals surface area contributed by atoms with Crippen LogP contribution in [0.5, 0.6) is 0 Å². The second-order valence-electron chi connectivity index (χ2n) is 6.45. The number of aromatic nitrogens is 3. The molecule has 128 valence electrons. The molecule has 1 N–H and O–H groups in total. The van der Waals surface area contributed by atoms with Gasteiger partial charge in [0.1, 0.15) is 0 Å². The number of hydrogen-bond acceptors (Lipinski definition) is 5. The lowest BCUT2D eigenvalue weighted by atomic mass is 9.91. The quantitative estimate of drug-likeness (QED) is 0.749. The Morgan fingerprint density at radius 2 is 2.04 bits per heavy atom. The Kier molecular flexibility index (Phi) is 4.84. The maximum Gasteiger partial charge on any atom is 0.227 e. The second-order valence-corrected chi connectivity index (χ2v) is 6.45. The van der Waals surface area contributed by atoms with Crippen molar-refractivity contribution in [2.45, 2.75) is 38.1 Å². The van der Waals surface area contributed by atoms with Crippen LogP contribution in [-0.2, 0) is 19.3 Å². The van der Waals surface area contributed by atoms with Crippen LogP contribution in [0.2, 0.25) is 0 Å². The van der Waals surface area contributed by atoms with Gasteiger partial charge in [0.05, 0.1) is 0 Å². The van der Waals surface area contributed by atoms with E-state index < -0.39 is 0 Å². The molecule has 2 aromatic heterocycles. The van der Waals surface area contributed by atoms with Crippen LogP contribution < -0.4 is 5.32 Å². The van der Waals surface area contributed by atoms with Gasteiger partial charge in [0.2, 0.25) is 5.89 Å². The van der Waals surface area contributed by atoms with Gasteiger partial charge in [-0.05, 0) is 36.5 Å². The number of rotatable bonds is 6. The molecule has 2 heterocycles. The highest BCUT2D eigenvalue weighted by Gasteiger charge is 2.20. The zero-order valence-electron chi connectivity index (χ0n) is 14.2. The number of fused-ring (bicyclic) bond motifs is 1. The van der Waals surface area contributed by atoms with Crippen molar-refractivity contribution in [3.63, 3.8) is 0 Å². The molecule has 5 nitrogen and oxygen atoms in total. The minimum atomic E-state index is 0.379. The molecule has 0 radical (unpaired) electrons. The van der Waals surface area contributed by atoms with Gasteiger partial charge < -0.3 is 9.84 Å². The third kappa shape index (κ3) is 3.94. The SMILES string of the molecule is c1ccc(Cc2noc(CCNC3CCCc4ncccc43)n2)cc1. The van der Waals surface area contributed by atoms with E-state index in [1.54, 1.807) is 0 Å². The molecule has 0 aliphatic heterocycles. The molecule has 0 amide bonds. The largest absolute Gasteiger partial charge is 0.339 e. The first-order chi connectivity index (χ1) is 12.4. The van der Waals surface area contributed by atoms with Crippen LogP contribution in [-0.4, -0.2) is 21.7 Å². The van der Waals surface area contributed by atoms with E-state index in [1.165, 1.54) is 23.2 Å². The standard InChI is InChI=1S/C20H22N4O/c1-2-6-15(7-3-1)14-19-23-20(25-24-19)11-13-22-18-10-4-9-17-16(18)8-5-12-21-17/h1-3,5-8,12,18,22H,4,9-11,13-14H2. The van der Waals surface area contributed by atoms with Gasteiger partial charge in [-0.15, -0.1) is 0 Å². The number of hydrogen-bond donors (Lipinski definition) is 1. The van der Waals surface area contributed by atoms with Crippen LogP contribution in [0, 0.1) is 0 Å². The monoisotopic (exact) mass is 334 g/mol. The molecule has 0 saturated carbocycles. The first-order valence-corrected chi connectivity index (χ1v) is 8.91. The highest BCUT2D eigenvalue weighted by molar-refractivity contribution is 5.26. The van der Waals surface area contributed by atoms with Crippen molar-refractivity contribution in [2.75, 3.05) is 6.54 Å². The summed E-state index contributed by atoms with van der Waals surface area (Å²) in [6.07, 6.45) is 6.76. The van der Waals surface area contributed by atoms with E-state index in [4.69, 9.17) is 4.52 Å². The summed E-state index contributed by atoms with van der Waals surface area (Å²) in [5.41, 5.74) is 3.76. The molecule has 4 rings (SSSR count). The zero-order valence-corrected chi connectivity index (χ0v) is 14.2. The summed E-state index contributed by atoms with van der Waals surface area (Å²) in [4.78, 5) is 9.00. The Hall–Kier alpha value is -2.53. The molecule has 3 aromatic rings. The number of aryl methyl sites for hydroxylation is 1. The van der Waals surface area contributed by atoms with E-state index in [0.29, 0.717) is 18.4 Å². The Labute approximate surface area is 147 Å². The Bertz CT molecular complexity index is 815. The van der Waals surface area contributed by atoms with Crippen LogP contribution in [0.15, 0.2) is 53.2 Å². The average Bonchev–Trinajstić information content (AvgIpc) is 3.10. The fraction of sp³-hybridized carbons (Fsp3) is 0.350. The van der Waals surface area contributed by atoms with Gasteiger partial charge in [0.25, 0.3) is 0 Å². The van der Waals surface area contributed by atoms with Gasteiger partial charge in [-0.2, -0.15) is 4.98 Å². The summed E-state index contributed by atoms with van der Waals surface area (Å²) in [6, 6.07) is 14.8. The topological polar surface area (TPSA) is 63.8 Å². The minimum Gasteiger partial charge on any atom is -0.339 e. The van der Waals surface area contributed by atoms with Gasteiger partial charge in [-0.1, -0.05) is 41.6 Å². The molecule has 1 aliphatic rings. The molecule has 1 unspecified atom stereocenters. The summed E-state index contributed by atoms with van der Waals surface area (Å²) < 4.78 is 5.38. The molecular weight excluding hydrogens is 312 g/mol. The van der Waals surface area contributed by atoms with E-state index in [2.05, 4.69) is 38.6 Å². The van der Waals surface area contributed by atoms with Crippen molar-refractivity contribution in [3.8, 4) is 0 Å². The molecule has 0 spiro atoms. The van der Waals surface area contributed by atoms with E-state index in [0.717, 1.165) is 31.6 Å². The van der Waals surface area contributed by atoms with E-state index in [1.807, 2.05) is 30.5 Å². The fourth-order valence-corrected chi connectivity index (χ4v) is 3.41. The summed E-state index contributed by atoms with van der Waals surface area (Å²) in [5, 5.41) is 7.71. The van der Waals surface area contributed by atoms with Gasteiger partial charge in [-0.3, -0.25) is 4.98 Å². The molecule has 1 atom stereocenters.